The van der Waals surface area contributed by atoms with Crippen LogP contribution in [-0.4, -0.2) is 32.9 Å². The molecule has 0 aliphatic heterocycles. The number of hydrogen-bond donors (Lipinski definition) is 1. The van der Waals surface area contributed by atoms with E-state index in [4.69, 9.17) is 5.11 Å². The Balaban J connectivity index is 1.84. The van der Waals surface area contributed by atoms with Crippen LogP contribution in [0.1, 0.15) is 18.4 Å². The van der Waals surface area contributed by atoms with E-state index < -0.39 is 11.9 Å². The van der Waals surface area contributed by atoms with Crippen molar-refractivity contribution in [3.8, 4) is 0 Å². The van der Waals surface area contributed by atoms with E-state index in [2.05, 4.69) is 4.98 Å². The quantitative estimate of drug-likeness (QED) is 0.869. The first kappa shape index (κ1) is 12.1. The van der Waals surface area contributed by atoms with Gasteiger partial charge in [-0.3, -0.25) is 4.79 Å². The van der Waals surface area contributed by atoms with Crippen LogP contribution in [0.25, 0.3) is 10.2 Å². The van der Waals surface area contributed by atoms with Crippen LogP contribution < -0.4 is 0 Å². The number of amides is 1. The normalized spacial score (nSPS) is 14.5. The molecule has 6 heteroatoms. The Hall–Kier alpha value is -1.95. The van der Waals surface area contributed by atoms with Crippen LogP contribution in [0, 0.1) is 0 Å². The molecule has 1 aromatic heterocycles. The third-order valence-corrected chi connectivity index (χ3v) is 3.99. The summed E-state index contributed by atoms with van der Waals surface area (Å²) in [5.74, 6) is -2.21. The summed E-state index contributed by atoms with van der Waals surface area (Å²) in [5.41, 5.74) is 3.58. The van der Waals surface area contributed by atoms with Gasteiger partial charge in [0.15, 0.2) is 0 Å². The predicted molar refractivity (Wildman–Crippen MR) is 70.8 cm³/mol. The van der Waals surface area contributed by atoms with Crippen LogP contribution in [0.2, 0.25) is 0 Å². The highest BCUT2D eigenvalue weighted by atomic mass is 32.1. The Bertz CT molecular complexity index is 648. The zero-order valence-electron chi connectivity index (χ0n) is 10.1. The third kappa shape index (κ3) is 2.44. The summed E-state index contributed by atoms with van der Waals surface area (Å²) in [6.45, 7) is 0.337. The molecule has 0 unspecified atom stereocenters. The molecule has 0 atom stereocenters. The number of nitrogens with zero attached hydrogens (tertiary/aromatic N) is 2. The molecule has 1 N–H and O–H groups in total. The fraction of sp³-hybridized carbons (Fsp3) is 0.308. The number of rotatable bonds is 3. The number of carbonyl (C=O) groups is 2. The van der Waals surface area contributed by atoms with Gasteiger partial charge < -0.3 is 10.0 Å². The second kappa shape index (κ2) is 4.62. The molecule has 1 aliphatic carbocycles. The summed E-state index contributed by atoms with van der Waals surface area (Å²) in [5, 5.41) is 8.84. The zero-order chi connectivity index (χ0) is 13.4. The van der Waals surface area contributed by atoms with E-state index >= 15 is 0 Å². The topological polar surface area (TPSA) is 70.5 Å². The second-order valence-electron chi connectivity index (χ2n) is 4.62. The highest BCUT2D eigenvalue weighted by Gasteiger charge is 2.35. The standard InChI is InChI=1S/C13H12N2O3S/c16-12(13(17)18)15(9-2-3-9)6-8-1-4-11-10(5-8)14-7-19-11/h1,4-5,7,9H,2-3,6H2,(H,17,18). The van der Waals surface area contributed by atoms with Gasteiger partial charge in [-0.15, -0.1) is 11.3 Å². The molecule has 1 amide bonds. The molecule has 3 rings (SSSR count). The molecule has 5 nitrogen and oxygen atoms in total. The molecule has 19 heavy (non-hydrogen) atoms. The summed E-state index contributed by atoms with van der Waals surface area (Å²) >= 11 is 1.56. The third-order valence-electron chi connectivity index (χ3n) is 3.18. The number of hydrogen-bond acceptors (Lipinski definition) is 4. The van der Waals surface area contributed by atoms with E-state index in [-0.39, 0.29) is 6.04 Å². The number of fused-ring (bicyclic) bond motifs is 1. The van der Waals surface area contributed by atoms with Gasteiger partial charge >= 0.3 is 11.9 Å². The molecule has 1 aromatic carbocycles. The van der Waals surface area contributed by atoms with Crippen molar-refractivity contribution >= 4 is 33.4 Å². The number of carbonyl (C=O) groups excluding carboxylic acids is 1. The van der Waals surface area contributed by atoms with Crippen LogP contribution in [0.15, 0.2) is 23.7 Å². The van der Waals surface area contributed by atoms with Crippen molar-refractivity contribution in [1.82, 2.24) is 9.88 Å². The molecular formula is C13H12N2O3S. The van der Waals surface area contributed by atoms with Gasteiger partial charge in [-0.1, -0.05) is 6.07 Å². The minimum atomic E-state index is -1.39. The first-order valence-electron chi connectivity index (χ1n) is 6.01. The highest BCUT2D eigenvalue weighted by molar-refractivity contribution is 7.16. The number of aliphatic carboxylic acids is 1. The van der Waals surface area contributed by atoms with Crippen LogP contribution in [0.4, 0.5) is 0 Å². The molecule has 2 aromatic rings. The lowest BCUT2D eigenvalue weighted by Gasteiger charge is -2.20. The first-order valence-corrected chi connectivity index (χ1v) is 6.89. The molecule has 0 saturated heterocycles. The lowest BCUT2D eigenvalue weighted by molar-refractivity contribution is -0.156. The summed E-state index contributed by atoms with van der Waals surface area (Å²) in [6, 6.07) is 5.87. The number of benzene rings is 1. The number of carboxylic acid groups (broad SMARTS) is 1. The Morgan fingerprint density at radius 2 is 2.21 bits per heavy atom. The van der Waals surface area contributed by atoms with E-state index in [0.29, 0.717) is 6.54 Å². The molecule has 0 bridgehead atoms. The Morgan fingerprint density at radius 3 is 2.89 bits per heavy atom. The Morgan fingerprint density at radius 1 is 1.42 bits per heavy atom. The molecular weight excluding hydrogens is 264 g/mol. The van der Waals surface area contributed by atoms with Crippen LogP contribution in [0.5, 0.6) is 0 Å². The fourth-order valence-corrected chi connectivity index (χ4v) is 2.73. The molecule has 1 aliphatic rings. The van der Waals surface area contributed by atoms with E-state index in [1.165, 1.54) is 4.90 Å². The lowest BCUT2D eigenvalue weighted by Crippen LogP contribution is -2.37. The van der Waals surface area contributed by atoms with Gasteiger partial charge in [0.1, 0.15) is 0 Å². The van der Waals surface area contributed by atoms with E-state index in [1.54, 1.807) is 16.8 Å². The average molecular weight is 276 g/mol. The fourth-order valence-electron chi connectivity index (χ4n) is 2.07. The SMILES string of the molecule is O=C(O)C(=O)N(Cc1ccc2scnc2c1)C1CC1. The Kier molecular flexibility index (Phi) is 2.94. The minimum absolute atomic E-state index is 0.0785. The predicted octanol–water partition coefficient (Wildman–Crippen LogP) is 1.87. The van der Waals surface area contributed by atoms with Gasteiger partial charge in [0, 0.05) is 12.6 Å². The molecule has 1 heterocycles. The summed E-state index contributed by atoms with van der Waals surface area (Å²) < 4.78 is 1.09. The van der Waals surface area contributed by atoms with Gasteiger partial charge in [-0.2, -0.15) is 0 Å². The van der Waals surface area contributed by atoms with Crippen molar-refractivity contribution in [3.05, 3.63) is 29.3 Å². The zero-order valence-corrected chi connectivity index (χ0v) is 10.9. The van der Waals surface area contributed by atoms with Crippen molar-refractivity contribution in [3.63, 3.8) is 0 Å². The second-order valence-corrected chi connectivity index (χ2v) is 5.51. The molecule has 1 saturated carbocycles. The lowest BCUT2D eigenvalue weighted by atomic mass is 10.2. The largest absolute Gasteiger partial charge is 0.474 e. The summed E-state index contributed by atoms with van der Waals surface area (Å²) in [7, 11) is 0. The van der Waals surface area contributed by atoms with Crippen molar-refractivity contribution in [1.29, 1.82) is 0 Å². The van der Waals surface area contributed by atoms with Crippen LogP contribution in [0.3, 0.4) is 0 Å². The summed E-state index contributed by atoms with van der Waals surface area (Å²) in [4.78, 5) is 28.2. The Labute approximate surface area is 113 Å². The number of carboxylic acids is 1. The van der Waals surface area contributed by atoms with Gasteiger partial charge in [-0.25, -0.2) is 9.78 Å². The van der Waals surface area contributed by atoms with Gasteiger partial charge in [0.05, 0.1) is 15.7 Å². The maximum Gasteiger partial charge on any atom is 0.394 e. The monoisotopic (exact) mass is 276 g/mol. The number of aromatic nitrogens is 1. The van der Waals surface area contributed by atoms with Crippen molar-refractivity contribution in [2.24, 2.45) is 0 Å². The minimum Gasteiger partial charge on any atom is -0.474 e. The molecule has 1 fully saturated rings. The van der Waals surface area contributed by atoms with Crippen LogP contribution >= 0.6 is 11.3 Å². The highest BCUT2D eigenvalue weighted by Crippen LogP contribution is 2.29. The maximum atomic E-state index is 11.7. The smallest absolute Gasteiger partial charge is 0.394 e. The van der Waals surface area contributed by atoms with Gasteiger partial charge in [-0.05, 0) is 30.5 Å². The maximum absolute atomic E-state index is 11.7. The molecule has 0 spiro atoms. The molecule has 98 valence electrons. The molecule has 0 radical (unpaired) electrons. The summed E-state index contributed by atoms with van der Waals surface area (Å²) in [6.07, 6.45) is 1.77. The van der Waals surface area contributed by atoms with Crippen LogP contribution in [-0.2, 0) is 16.1 Å². The van der Waals surface area contributed by atoms with E-state index in [9.17, 15) is 9.59 Å². The average Bonchev–Trinajstić information content (AvgIpc) is 3.12. The van der Waals surface area contributed by atoms with Gasteiger partial charge in [0.25, 0.3) is 0 Å². The van der Waals surface area contributed by atoms with E-state index in [1.807, 2.05) is 18.2 Å². The van der Waals surface area contributed by atoms with Crippen molar-refractivity contribution in [2.45, 2.75) is 25.4 Å². The van der Waals surface area contributed by atoms with Crippen molar-refractivity contribution < 1.29 is 14.7 Å². The van der Waals surface area contributed by atoms with Crippen molar-refractivity contribution in [2.75, 3.05) is 0 Å². The first-order chi connectivity index (χ1) is 9.15. The number of thiazole rings is 1. The van der Waals surface area contributed by atoms with E-state index in [0.717, 1.165) is 28.6 Å². The van der Waals surface area contributed by atoms with Gasteiger partial charge in [0.2, 0.25) is 0 Å².